The predicted octanol–water partition coefficient (Wildman–Crippen LogP) is 5.46. The number of anilines is 2. The third kappa shape index (κ3) is 7.80. The van der Waals surface area contributed by atoms with Crippen molar-refractivity contribution in [2.75, 3.05) is 36.5 Å². The molecule has 4 heterocycles. The highest BCUT2D eigenvalue weighted by atomic mass is 35.5. The van der Waals surface area contributed by atoms with Crippen LogP contribution in [0.1, 0.15) is 55.1 Å². The Morgan fingerprint density at radius 1 is 1.24 bits per heavy atom. The first-order valence-electron chi connectivity index (χ1n) is 15.7. The van der Waals surface area contributed by atoms with Gasteiger partial charge in [-0.2, -0.15) is 5.10 Å². The van der Waals surface area contributed by atoms with Crippen LogP contribution in [0.25, 0.3) is 16.6 Å². The molecule has 4 aromatic rings. The number of unbranched alkanes of at least 4 members (excludes halogenated alkanes) is 1. The summed E-state index contributed by atoms with van der Waals surface area (Å²) in [4.78, 5) is 32.8. The number of ether oxygens (including phenoxy) is 2. The van der Waals surface area contributed by atoms with Crippen LogP contribution in [0.2, 0.25) is 30.7 Å². The molecule has 1 saturated heterocycles. The van der Waals surface area contributed by atoms with Crippen LogP contribution in [-0.2, 0) is 16.2 Å². The highest BCUT2D eigenvalue weighted by Crippen LogP contribution is 2.40. The summed E-state index contributed by atoms with van der Waals surface area (Å²) in [5, 5.41) is 26.6. The van der Waals surface area contributed by atoms with Crippen LogP contribution in [0, 0.1) is 0 Å². The first kappa shape index (κ1) is 33.6. The Hall–Kier alpha value is -3.72. The van der Waals surface area contributed by atoms with Gasteiger partial charge in [-0.15, -0.1) is 5.10 Å². The van der Waals surface area contributed by atoms with Gasteiger partial charge in [-0.25, -0.2) is 19.0 Å². The number of carbonyl (C=O) groups is 2. The number of β-amino-alcohol motifs (C(OH)–C–C–N with tert-alkyl or cyclic N) is 1. The maximum absolute atomic E-state index is 13.9. The van der Waals surface area contributed by atoms with Gasteiger partial charge in [-0.05, 0) is 37.9 Å². The van der Waals surface area contributed by atoms with Gasteiger partial charge < -0.3 is 24.8 Å². The molecule has 2 unspecified atom stereocenters. The van der Waals surface area contributed by atoms with Crippen LogP contribution in [0.15, 0.2) is 30.7 Å². The van der Waals surface area contributed by atoms with Gasteiger partial charge in [0.1, 0.15) is 17.8 Å². The number of benzene rings is 1. The molecule has 0 spiro atoms. The van der Waals surface area contributed by atoms with Crippen molar-refractivity contribution in [2.45, 2.75) is 77.7 Å². The molecule has 2 amide bonds. The second kappa shape index (κ2) is 14.4. The highest BCUT2D eigenvalue weighted by Gasteiger charge is 2.30. The van der Waals surface area contributed by atoms with E-state index in [9.17, 15) is 14.7 Å². The fourth-order valence-electron chi connectivity index (χ4n) is 5.37. The zero-order valence-corrected chi connectivity index (χ0v) is 28.8. The molecule has 3 aromatic heterocycles. The molecule has 1 fully saturated rings. The van der Waals surface area contributed by atoms with Crippen molar-refractivity contribution in [1.29, 1.82) is 0 Å². The molecule has 0 aliphatic carbocycles. The van der Waals surface area contributed by atoms with Gasteiger partial charge >= 0.3 is 6.09 Å². The third-order valence-corrected chi connectivity index (χ3v) is 9.90. The lowest BCUT2D eigenvalue weighted by Gasteiger charge is -2.26. The Bertz CT molecular complexity index is 1700. The number of hydrogen-bond acceptors (Lipinski definition) is 9. The number of rotatable bonds is 13. The molecule has 2 atom stereocenters. The minimum atomic E-state index is -1.23. The van der Waals surface area contributed by atoms with Crippen LogP contribution in [0.5, 0.6) is 0 Å². The lowest BCUT2D eigenvalue weighted by atomic mass is 10.0. The number of aromatic nitrogens is 5. The smallest absolute Gasteiger partial charge is 0.412 e. The fraction of sp³-hybridized carbons (Fsp3) is 0.516. The SMILES string of the molecule is CCCCOC(=O)Nc1nn2cccnc2c1C(=O)NC(C)c1cc(Cl)c2cn(COCC[Si](C)(C)C)nc2c1N1CCC(O)C1. The zero-order chi connectivity index (χ0) is 33.0. The molecular formula is C31H43ClN8O5Si. The van der Waals surface area contributed by atoms with Crippen molar-refractivity contribution in [1.82, 2.24) is 29.7 Å². The molecule has 1 aromatic carbocycles. The lowest BCUT2D eigenvalue weighted by molar-refractivity contribution is 0.0791. The average Bonchev–Trinajstić information content (AvgIpc) is 3.71. The molecule has 1 aliphatic rings. The summed E-state index contributed by atoms with van der Waals surface area (Å²) < 4.78 is 14.4. The van der Waals surface area contributed by atoms with Crippen molar-refractivity contribution >= 4 is 59.7 Å². The van der Waals surface area contributed by atoms with Gasteiger partial charge in [-0.1, -0.05) is 44.6 Å². The first-order chi connectivity index (χ1) is 21.9. The Morgan fingerprint density at radius 2 is 2.04 bits per heavy atom. The van der Waals surface area contributed by atoms with Gasteiger partial charge in [-0.3, -0.25) is 10.1 Å². The van der Waals surface area contributed by atoms with Crippen molar-refractivity contribution in [3.8, 4) is 0 Å². The van der Waals surface area contributed by atoms with Crippen LogP contribution in [0.3, 0.4) is 0 Å². The summed E-state index contributed by atoms with van der Waals surface area (Å²) >= 11 is 6.84. The summed E-state index contributed by atoms with van der Waals surface area (Å²) in [6.07, 6.45) is 6.09. The second-order valence-electron chi connectivity index (χ2n) is 12.9. The maximum Gasteiger partial charge on any atom is 0.412 e. The molecule has 0 radical (unpaired) electrons. The van der Waals surface area contributed by atoms with Gasteiger partial charge in [0.2, 0.25) is 0 Å². The normalized spacial score (nSPS) is 15.9. The van der Waals surface area contributed by atoms with Crippen LogP contribution < -0.4 is 15.5 Å². The lowest BCUT2D eigenvalue weighted by Crippen LogP contribution is -2.30. The average molecular weight is 671 g/mol. The van der Waals surface area contributed by atoms with Crippen molar-refractivity contribution < 1.29 is 24.2 Å². The van der Waals surface area contributed by atoms with E-state index in [-0.39, 0.29) is 30.4 Å². The van der Waals surface area contributed by atoms with Gasteiger partial charge in [0.25, 0.3) is 5.91 Å². The molecule has 46 heavy (non-hydrogen) atoms. The number of nitrogens with one attached hydrogen (secondary N) is 2. The number of fused-ring (bicyclic) bond motifs is 2. The van der Waals surface area contributed by atoms with Gasteiger partial charge in [0, 0.05) is 57.3 Å². The summed E-state index contributed by atoms with van der Waals surface area (Å²) in [5.74, 6) is -0.454. The van der Waals surface area contributed by atoms with Crippen molar-refractivity contribution in [3.05, 3.63) is 46.9 Å². The minimum Gasteiger partial charge on any atom is -0.449 e. The predicted molar refractivity (Wildman–Crippen MR) is 180 cm³/mol. The van der Waals surface area contributed by atoms with Crippen LogP contribution >= 0.6 is 11.6 Å². The third-order valence-electron chi connectivity index (χ3n) is 7.89. The van der Waals surface area contributed by atoms with E-state index in [4.69, 9.17) is 26.2 Å². The van der Waals surface area contributed by atoms with Crippen molar-refractivity contribution in [3.63, 3.8) is 0 Å². The molecule has 248 valence electrons. The number of aliphatic hydroxyl groups is 1. The van der Waals surface area contributed by atoms with E-state index in [2.05, 4.69) is 45.3 Å². The number of halogens is 1. The Kier molecular flexibility index (Phi) is 10.5. The number of carbonyl (C=O) groups excluding carboxylic acids is 2. The van der Waals surface area contributed by atoms with Gasteiger partial charge in [0.05, 0.1) is 29.5 Å². The largest absolute Gasteiger partial charge is 0.449 e. The summed E-state index contributed by atoms with van der Waals surface area (Å²) in [6, 6.07) is 4.01. The van der Waals surface area contributed by atoms with E-state index >= 15 is 0 Å². The van der Waals surface area contributed by atoms with E-state index in [1.54, 1.807) is 23.1 Å². The summed E-state index contributed by atoms with van der Waals surface area (Å²) in [7, 11) is -1.23. The van der Waals surface area contributed by atoms with Crippen LogP contribution in [-0.4, -0.2) is 82.0 Å². The molecule has 1 aliphatic heterocycles. The molecule has 3 N–H and O–H groups in total. The number of aliphatic hydroxyl groups excluding tert-OH is 1. The Balaban J connectivity index is 1.45. The number of amides is 2. The monoisotopic (exact) mass is 670 g/mol. The van der Waals surface area contributed by atoms with E-state index in [0.717, 1.165) is 35.5 Å². The zero-order valence-electron chi connectivity index (χ0n) is 27.0. The standard InChI is InChI=1S/C31H43ClN8O5Si/c1-6-7-13-45-31(43)35-28-25(29-33-10-8-11-40(29)37-28)30(42)34-20(2)22-16-24(32)23-18-39(19-44-14-15-46(3,4)5)36-26(23)27(22)38-12-9-21(41)17-38/h8,10-11,16,18,20-21,41H,6-7,9,12-15,17,19H2,1-5H3,(H,34,42)(H,35,37,43). The maximum atomic E-state index is 13.9. The number of nitrogens with zero attached hydrogens (tertiary/aromatic N) is 6. The second-order valence-corrected chi connectivity index (χ2v) is 18.9. The molecule has 0 bridgehead atoms. The quantitative estimate of drug-likeness (QED) is 0.125. The van der Waals surface area contributed by atoms with Gasteiger partial charge in [0.15, 0.2) is 11.5 Å². The van der Waals surface area contributed by atoms with E-state index < -0.39 is 32.2 Å². The summed E-state index contributed by atoms with van der Waals surface area (Å²) in [5.41, 5.74) is 2.58. The molecule has 15 heteroatoms. The molecule has 13 nitrogen and oxygen atoms in total. The van der Waals surface area contributed by atoms with Crippen LogP contribution in [0.4, 0.5) is 16.3 Å². The Labute approximate surface area is 274 Å². The molecule has 5 rings (SSSR count). The van der Waals surface area contributed by atoms with E-state index in [1.807, 2.05) is 26.1 Å². The van der Waals surface area contributed by atoms with E-state index in [1.165, 1.54) is 4.52 Å². The molecular weight excluding hydrogens is 628 g/mol. The Morgan fingerprint density at radius 3 is 2.76 bits per heavy atom. The summed E-state index contributed by atoms with van der Waals surface area (Å²) in [6.45, 7) is 13.0. The number of hydrogen-bond donors (Lipinski definition) is 3. The minimum absolute atomic E-state index is 0.0362. The first-order valence-corrected chi connectivity index (χ1v) is 19.8. The topological polar surface area (TPSA) is 148 Å². The fourth-order valence-corrected chi connectivity index (χ4v) is 6.38. The highest BCUT2D eigenvalue weighted by molar-refractivity contribution is 6.76. The van der Waals surface area contributed by atoms with Crippen molar-refractivity contribution in [2.24, 2.45) is 0 Å². The van der Waals surface area contributed by atoms with E-state index in [0.29, 0.717) is 36.7 Å². The molecule has 0 saturated carbocycles.